The fraction of sp³-hybridized carbons (Fsp3) is 0.297. The monoisotopic (exact) mass is 660 g/mol. The molecule has 1 fully saturated rings. The summed E-state index contributed by atoms with van der Waals surface area (Å²) in [6.07, 6.45) is 2.01. The highest BCUT2D eigenvalue weighted by molar-refractivity contribution is 7.99. The number of likely N-dealkylation sites (N-methyl/N-ethyl adjacent to an activating group) is 1. The minimum Gasteiger partial charge on any atom is -0.494 e. The van der Waals surface area contributed by atoms with Gasteiger partial charge in [-0.15, -0.1) is 0 Å². The van der Waals surface area contributed by atoms with E-state index in [-0.39, 0.29) is 12.3 Å². The van der Waals surface area contributed by atoms with Crippen LogP contribution in [-0.4, -0.2) is 75.4 Å². The summed E-state index contributed by atoms with van der Waals surface area (Å²) in [4.78, 5) is 32.5. The first-order valence-corrected chi connectivity index (χ1v) is 17.6. The first-order chi connectivity index (χ1) is 23.6. The van der Waals surface area contributed by atoms with E-state index in [2.05, 4.69) is 61.2 Å². The second-order valence-electron chi connectivity index (χ2n) is 11.8. The summed E-state index contributed by atoms with van der Waals surface area (Å²) in [6, 6.07) is 25.9. The lowest BCUT2D eigenvalue weighted by molar-refractivity contribution is -0.115. The Kier molecular flexibility index (Phi) is 9.57. The highest BCUT2D eigenvalue weighted by atomic mass is 32.2. The lowest BCUT2D eigenvalue weighted by Gasteiger charge is -2.35. The summed E-state index contributed by atoms with van der Waals surface area (Å²) < 4.78 is 7.95. The minimum absolute atomic E-state index is 0.110. The molecule has 2 aromatic heterocycles. The maximum absolute atomic E-state index is 13.1. The predicted molar refractivity (Wildman–Crippen MR) is 193 cm³/mol. The molecular formula is C37H40N8O2S. The number of carbonyl (C=O) groups excluding carboxylic acids is 1. The van der Waals surface area contributed by atoms with Gasteiger partial charge in [0.1, 0.15) is 5.75 Å². The molecule has 4 heterocycles. The van der Waals surface area contributed by atoms with Crippen LogP contribution in [-0.2, 0) is 17.8 Å². The molecule has 0 aliphatic carbocycles. The van der Waals surface area contributed by atoms with Gasteiger partial charge < -0.3 is 29.7 Å². The zero-order valence-corrected chi connectivity index (χ0v) is 28.2. The van der Waals surface area contributed by atoms with Gasteiger partial charge in [-0.05, 0) is 62.0 Å². The molecule has 2 aliphatic rings. The van der Waals surface area contributed by atoms with Crippen LogP contribution in [0.1, 0.15) is 19.4 Å². The van der Waals surface area contributed by atoms with Crippen LogP contribution in [0.4, 0.5) is 23.0 Å². The van der Waals surface area contributed by atoms with Gasteiger partial charge in [-0.2, -0.15) is 0 Å². The fourth-order valence-electron chi connectivity index (χ4n) is 6.27. The number of fused-ring (bicyclic) bond motifs is 1. The number of anilines is 4. The van der Waals surface area contributed by atoms with E-state index < -0.39 is 0 Å². The maximum Gasteiger partial charge on any atom is 0.228 e. The van der Waals surface area contributed by atoms with Crippen LogP contribution >= 0.6 is 11.8 Å². The molecule has 0 atom stereocenters. The average molecular weight is 661 g/mol. The first-order valence-electron chi connectivity index (χ1n) is 16.6. The number of rotatable bonds is 11. The number of aromatic nitrogens is 4. The molecule has 1 saturated heterocycles. The van der Waals surface area contributed by atoms with Crippen molar-refractivity contribution >= 4 is 40.7 Å². The van der Waals surface area contributed by atoms with Gasteiger partial charge >= 0.3 is 0 Å². The molecule has 1 amide bonds. The number of hydrogen-bond acceptors (Lipinski definition) is 9. The molecule has 10 nitrogen and oxygen atoms in total. The summed E-state index contributed by atoms with van der Waals surface area (Å²) in [5.41, 5.74) is 7.19. The third kappa shape index (κ3) is 7.02. The Bertz CT molecular complexity index is 1890. The Labute approximate surface area is 285 Å². The third-order valence-corrected chi connectivity index (χ3v) is 9.68. The van der Waals surface area contributed by atoms with E-state index in [1.54, 1.807) is 18.0 Å². The quantitative estimate of drug-likeness (QED) is 0.163. The van der Waals surface area contributed by atoms with Crippen LogP contribution in [0, 0.1) is 0 Å². The normalized spacial score (nSPS) is 14.5. The number of hydrogen-bond donors (Lipinski definition) is 2. The van der Waals surface area contributed by atoms with Crippen LogP contribution in [0.15, 0.2) is 90.2 Å². The zero-order chi connectivity index (χ0) is 32.9. The van der Waals surface area contributed by atoms with E-state index in [4.69, 9.17) is 14.7 Å². The van der Waals surface area contributed by atoms with E-state index in [9.17, 15) is 4.79 Å². The van der Waals surface area contributed by atoms with E-state index in [0.29, 0.717) is 18.2 Å². The molecule has 7 rings (SSSR count). The van der Waals surface area contributed by atoms with E-state index >= 15 is 0 Å². The molecule has 3 aromatic carbocycles. The second kappa shape index (κ2) is 14.5. The van der Waals surface area contributed by atoms with Crippen LogP contribution < -0.4 is 20.3 Å². The van der Waals surface area contributed by atoms with Crippen molar-refractivity contribution in [2.75, 3.05) is 60.6 Å². The standard InChI is InChI=1S/C37H40N8O2S/c1-3-43-18-20-44(21-19-43)30-14-12-28(13-15-30)40-36-38-17-16-31(41-36)35-34(42-37-45(35)22-23-48-37)27-9-7-10-29(24-27)39-33(46)25-26-8-5-6-11-32(26)47-4-2/h5-17,24H,3-4,18-23,25H2,1-2H3,(H,39,46)(H,38,40,41). The molecule has 2 N–H and O–H groups in total. The fourth-order valence-corrected chi connectivity index (χ4v) is 7.22. The molecule has 48 heavy (non-hydrogen) atoms. The van der Waals surface area contributed by atoms with Crippen LogP contribution in [0.3, 0.4) is 0 Å². The number of imidazole rings is 1. The van der Waals surface area contributed by atoms with Crippen molar-refractivity contribution in [2.45, 2.75) is 32.0 Å². The van der Waals surface area contributed by atoms with Crippen LogP contribution in [0.5, 0.6) is 5.75 Å². The largest absolute Gasteiger partial charge is 0.494 e. The average Bonchev–Trinajstić information content (AvgIpc) is 3.72. The van der Waals surface area contributed by atoms with E-state index in [1.165, 1.54) is 5.69 Å². The number of amides is 1. The van der Waals surface area contributed by atoms with Gasteiger partial charge in [0.2, 0.25) is 11.9 Å². The minimum atomic E-state index is -0.110. The first kappa shape index (κ1) is 31.7. The van der Waals surface area contributed by atoms with Crippen LogP contribution in [0.2, 0.25) is 0 Å². The summed E-state index contributed by atoms with van der Waals surface area (Å²) in [5.74, 6) is 2.11. The van der Waals surface area contributed by atoms with Crippen molar-refractivity contribution in [2.24, 2.45) is 0 Å². The van der Waals surface area contributed by atoms with Gasteiger partial charge in [0.05, 0.1) is 30.1 Å². The Morgan fingerprint density at radius 2 is 1.73 bits per heavy atom. The molecule has 0 spiro atoms. The number of benzene rings is 3. The molecule has 0 radical (unpaired) electrons. The lowest BCUT2D eigenvalue weighted by atomic mass is 10.1. The maximum atomic E-state index is 13.1. The van der Waals surface area contributed by atoms with Crippen molar-refractivity contribution in [3.63, 3.8) is 0 Å². The van der Waals surface area contributed by atoms with Gasteiger partial charge in [0, 0.05) is 72.9 Å². The summed E-state index contributed by atoms with van der Waals surface area (Å²) in [5, 5.41) is 7.43. The predicted octanol–water partition coefficient (Wildman–Crippen LogP) is 6.58. The van der Waals surface area contributed by atoms with Gasteiger partial charge in [-0.25, -0.2) is 15.0 Å². The van der Waals surface area contributed by atoms with Crippen LogP contribution in [0.25, 0.3) is 22.6 Å². The molecule has 0 unspecified atom stereocenters. The highest BCUT2D eigenvalue weighted by Gasteiger charge is 2.25. The number of thioether (sulfide) groups is 1. The number of nitrogens with one attached hydrogen (secondary N) is 2. The number of piperazine rings is 1. The molecular weight excluding hydrogens is 621 g/mol. The highest BCUT2D eigenvalue weighted by Crippen LogP contribution is 2.39. The smallest absolute Gasteiger partial charge is 0.228 e. The summed E-state index contributed by atoms with van der Waals surface area (Å²) >= 11 is 1.74. The van der Waals surface area contributed by atoms with Crippen molar-refractivity contribution in [1.29, 1.82) is 0 Å². The topological polar surface area (TPSA) is 100 Å². The van der Waals surface area contributed by atoms with Crippen molar-refractivity contribution in [3.05, 3.63) is 90.6 Å². The van der Waals surface area contributed by atoms with Crippen molar-refractivity contribution in [1.82, 2.24) is 24.4 Å². The van der Waals surface area contributed by atoms with Crippen molar-refractivity contribution < 1.29 is 9.53 Å². The zero-order valence-electron chi connectivity index (χ0n) is 27.4. The van der Waals surface area contributed by atoms with E-state index in [0.717, 1.165) is 89.8 Å². The number of ether oxygens (including phenoxy) is 1. The van der Waals surface area contributed by atoms with Crippen molar-refractivity contribution in [3.8, 4) is 28.4 Å². The number of nitrogens with zero attached hydrogens (tertiary/aromatic N) is 6. The molecule has 2 aliphatic heterocycles. The Morgan fingerprint density at radius 1 is 0.896 bits per heavy atom. The van der Waals surface area contributed by atoms with Gasteiger partial charge in [0.25, 0.3) is 0 Å². The molecule has 5 aromatic rings. The number of para-hydroxylation sites is 1. The number of carbonyl (C=O) groups is 1. The van der Waals surface area contributed by atoms with Gasteiger partial charge in [0.15, 0.2) is 5.16 Å². The molecule has 11 heteroatoms. The SMILES string of the molecule is CCOc1ccccc1CC(=O)Nc1cccc(-c2nc3n(c2-c2ccnc(Nc4ccc(N5CCN(CC)CC5)cc4)n2)CCS3)c1. The summed E-state index contributed by atoms with van der Waals surface area (Å²) in [6.45, 7) is 10.9. The van der Waals surface area contributed by atoms with Gasteiger partial charge in [-0.1, -0.05) is 49.0 Å². The Hall–Kier alpha value is -4.87. The Balaban J connectivity index is 1.10. The lowest BCUT2D eigenvalue weighted by Crippen LogP contribution is -2.46. The second-order valence-corrected chi connectivity index (χ2v) is 12.9. The molecule has 0 saturated carbocycles. The Morgan fingerprint density at radius 3 is 2.54 bits per heavy atom. The van der Waals surface area contributed by atoms with E-state index in [1.807, 2.05) is 61.5 Å². The molecule has 0 bridgehead atoms. The van der Waals surface area contributed by atoms with Gasteiger partial charge in [-0.3, -0.25) is 4.79 Å². The third-order valence-electron chi connectivity index (χ3n) is 8.73. The summed E-state index contributed by atoms with van der Waals surface area (Å²) in [7, 11) is 0. The molecule has 246 valence electrons.